The predicted molar refractivity (Wildman–Crippen MR) is 34.6 cm³/mol. The molecule has 1 radical (unpaired) electrons. The predicted octanol–water partition coefficient (Wildman–Crippen LogP) is 2.65. The van der Waals surface area contributed by atoms with Crippen molar-refractivity contribution in [2.75, 3.05) is 0 Å². The summed E-state index contributed by atoms with van der Waals surface area (Å²) in [6, 6.07) is 0. The minimum absolute atomic E-state index is 0.184. The highest BCUT2D eigenvalue weighted by Crippen LogP contribution is 2.16. The Morgan fingerprint density at radius 3 is 2.00 bits per heavy atom. The van der Waals surface area contributed by atoms with Crippen LogP contribution < -0.4 is 0 Å². The molecular weight excluding hydrogens is 131 g/mol. The Bertz CT molecular complexity index is 43.3. The van der Waals surface area contributed by atoms with Gasteiger partial charge in [-0.2, -0.15) is 0 Å². The highest BCUT2D eigenvalue weighted by molar-refractivity contribution is 6.44. The van der Waals surface area contributed by atoms with Crippen molar-refractivity contribution in [2.45, 2.75) is 18.2 Å². The molecule has 0 aliphatic rings. The first-order chi connectivity index (χ1) is 3.18. The van der Waals surface area contributed by atoms with E-state index in [9.17, 15) is 0 Å². The molecule has 0 saturated carbocycles. The average molecular weight is 140 g/mol. The molecule has 1 atom stereocenters. The summed E-state index contributed by atoms with van der Waals surface area (Å²) in [7, 11) is 0. The van der Waals surface area contributed by atoms with Crippen LogP contribution in [0.5, 0.6) is 0 Å². The lowest BCUT2D eigenvalue weighted by molar-refractivity contribution is 0.671. The molecule has 0 saturated heterocycles. The van der Waals surface area contributed by atoms with E-state index < -0.39 is 0 Å². The second-order valence-corrected chi connectivity index (χ2v) is 2.67. The van der Waals surface area contributed by atoms with E-state index in [0.29, 0.717) is 0 Å². The van der Waals surface area contributed by atoms with Gasteiger partial charge in [0.2, 0.25) is 0 Å². The lowest BCUT2D eigenvalue weighted by Gasteiger charge is -2.05. The molecule has 1 unspecified atom stereocenters. The van der Waals surface area contributed by atoms with Crippen LogP contribution in [0.4, 0.5) is 0 Å². The van der Waals surface area contributed by atoms with Crippen molar-refractivity contribution in [3.63, 3.8) is 0 Å². The van der Waals surface area contributed by atoms with Crippen molar-refractivity contribution in [3.05, 3.63) is 6.92 Å². The Balaban J connectivity index is 3.14. The third-order valence-corrected chi connectivity index (χ3v) is 1.59. The molecule has 0 N–H and O–H groups in total. The van der Waals surface area contributed by atoms with Crippen molar-refractivity contribution < 1.29 is 0 Å². The lowest BCUT2D eigenvalue weighted by atomic mass is 10.2. The van der Waals surface area contributed by atoms with Crippen LogP contribution >= 0.6 is 23.2 Å². The fourth-order valence-electron chi connectivity index (χ4n) is 0.178. The van der Waals surface area contributed by atoms with Gasteiger partial charge in [0, 0.05) is 0 Å². The molecule has 0 aromatic rings. The molecule has 0 spiro atoms. The molecule has 0 nitrogen and oxygen atoms in total. The highest BCUT2D eigenvalue weighted by Gasteiger charge is 2.06. The van der Waals surface area contributed by atoms with Gasteiger partial charge < -0.3 is 0 Å². The van der Waals surface area contributed by atoms with Gasteiger partial charge in [0.1, 0.15) is 4.84 Å². The first kappa shape index (κ1) is 7.58. The van der Waals surface area contributed by atoms with Crippen LogP contribution in [0.25, 0.3) is 0 Å². The Morgan fingerprint density at radius 2 is 2.00 bits per heavy atom. The summed E-state index contributed by atoms with van der Waals surface area (Å²) in [6.45, 7) is 5.70. The first-order valence-electron chi connectivity index (χ1n) is 2.29. The molecule has 0 rings (SSSR count). The van der Waals surface area contributed by atoms with E-state index in [1.165, 1.54) is 0 Å². The molecule has 0 aromatic heterocycles. The van der Waals surface area contributed by atoms with E-state index in [4.69, 9.17) is 23.2 Å². The first-order valence-corrected chi connectivity index (χ1v) is 3.17. The Morgan fingerprint density at radius 1 is 1.57 bits per heavy atom. The van der Waals surface area contributed by atoms with E-state index in [0.717, 1.165) is 6.42 Å². The second-order valence-electron chi connectivity index (χ2n) is 1.50. The molecule has 0 aliphatic carbocycles. The summed E-state index contributed by atoms with van der Waals surface area (Å²) in [5, 5.41) is 0. The van der Waals surface area contributed by atoms with Gasteiger partial charge in [-0.25, -0.2) is 0 Å². The normalized spacial score (nSPS) is 15.0. The molecule has 0 aromatic carbocycles. The third kappa shape index (κ3) is 3.19. The Hall–Kier alpha value is 0.580. The zero-order chi connectivity index (χ0) is 5.86. The van der Waals surface area contributed by atoms with Crippen LogP contribution in [0.1, 0.15) is 13.3 Å². The second kappa shape index (κ2) is 3.57. The lowest BCUT2D eigenvalue weighted by Crippen LogP contribution is -2.01. The van der Waals surface area contributed by atoms with Crippen molar-refractivity contribution in [2.24, 2.45) is 5.92 Å². The van der Waals surface area contributed by atoms with Crippen molar-refractivity contribution in [3.8, 4) is 0 Å². The van der Waals surface area contributed by atoms with Gasteiger partial charge in [-0.3, -0.25) is 0 Å². The van der Waals surface area contributed by atoms with E-state index in [1.807, 2.05) is 6.92 Å². The van der Waals surface area contributed by atoms with Crippen LogP contribution in [-0.2, 0) is 0 Å². The summed E-state index contributed by atoms with van der Waals surface area (Å²) >= 11 is 10.9. The van der Waals surface area contributed by atoms with E-state index in [-0.39, 0.29) is 10.8 Å². The molecule has 0 aliphatic heterocycles. The monoisotopic (exact) mass is 139 g/mol. The van der Waals surface area contributed by atoms with E-state index >= 15 is 0 Å². The Labute approximate surface area is 54.8 Å². The SMILES string of the molecule is [CH2]C(CC)C(Cl)Cl. The maximum atomic E-state index is 5.43. The maximum Gasteiger partial charge on any atom is 0.110 e. The van der Waals surface area contributed by atoms with Gasteiger partial charge in [-0.05, 0) is 12.8 Å². The highest BCUT2D eigenvalue weighted by atomic mass is 35.5. The number of hydrogen-bond acceptors (Lipinski definition) is 0. The van der Waals surface area contributed by atoms with Crippen LogP contribution in [0, 0.1) is 12.8 Å². The van der Waals surface area contributed by atoms with Gasteiger partial charge >= 0.3 is 0 Å². The smallest absolute Gasteiger partial charge is 0.105 e. The van der Waals surface area contributed by atoms with Crippen molar-refractivity contribution in [1.29, 1.82) is 0 Å². The van der Waals surface area contributed by atoms with Crippen LogP contribution in [0.2, 0.25) is 0 Å². The summed E-state index contributed by atoms with van der Waals surface area (Å²) in [5.74, 6) is 0.184. The summed E-state index contributed by atoms with van der Waals surface area (Å²) in [5.41, 5.74) is 0. The number of alkyl halides is 2. The molecule has 43 valence electrons. The zero-order valence-electron chi connectivity index (χ0n) is 4.32. The van der Waals surface area contributed by atoms with Gasteiger partial charge in [-0.15, -0.1) is 23.2 Å². The summed E-state index contributed by atoms with van der Waals surface area (Å²) in [4.78, 5) is -0.301. The molecule has 0 heterocycles. The molecule has 0 amide bonds. The largest absolute Gasteiger partial charge is 0.110 e. The third-order valence-electron chi connectivity index (χ3n) is 0.881. The zero-order valence-corrected chi connectivity index (χ0v) is 5.84. The maximum absolute atomic E-state index is 5.43. The van der Waals surface area contributed by atoms with Crippen LogP contribution in [0.3, 0.4) is 0 Å². The van der Waals surface area contributed by atoms with Gasteiger partial charge in [-0.1, -0.05) is 13.3 Å². The molecular formula is C5H9Cl2. The summed E-state index contributed by atoms with van der Waals surface area (Å²) < 4.78 is 0. The van der Waals surface area contributed by atoms with Gasteiger partial charge in [0.15, 0.2) is 0 Å². The molecule has 7 heavy (non-hydrogen) atoms. The Kier molecular flexibility index (Phi) is 3.86. The van der Waals surface area contributed by atoms with Gasteiger partial charge in [0.25, 0.3) is 0 Å². The minimum Gasteiger partial charge on any atom is -0.105 e. The van der Waals surface area contributed by atoms with Crippen LogP contribution in [0.15, 0.2) is 0 Å². The van der Waals surface area contributed by atoms with Crippen molar-refractivity contribution >= 4 is 23.2 Å². The number of rotatable bonds is 2. The minimum atomic E-state index is -0.301. The van der Waals surface area contributed by atoms with E-state index in [2.05, 4.69) is 6.92 Å². The fourth-order valence-corrected chi connectivity index (χ4v) is 0.535. The quantitative estimate of drug-likeness (QED) is 0.517. The topological polar surface area (TPSA) is 0 Å². The fraction of sp³-hybridized carbons (Fsp3) is 0.800. The summed E-state index contributed by atoms with van der Waals surface area (Å²) in [6.07, 6.45) is 0.942. The molecule has 2 heteroatoms. The molecule has 0 bridgehead atoms. The number of halogens is 2. The van der Waals surface area contributed by atoms with Crippen molar-refractivity contribution in [1.82, 2.24) is 0 Å². The van der Waals surface area contributed by atoms with Gasteiger partial charge in [0.05, 0.1) is 0 Å². The number of hydrogen-bond donors (Lipinski definition) is 0. The van der Waals surface area contributed by atoms with Crippen LogP contribution in [-0.4, -0.2) is 4.84 Å². The average Bonchev–Trinajstić information content (AvgIpc) is 1.65. The van der Waals surface area contributed by atoms with E-state index in [1.54, 1.807) is 0 Å². The standard InChI is InChI=1S/C5H9Cl2/c1-3-4(2)5(6)7/h4-5H,2-3H2,1H3. The molecule has 0 fully saturated rings.